The standard InChI is InChI=1S/C14H20N2O2/c1-10(14(15)16-17)9-18-13-8-4-6-11-5-2-3-7-12(11)13/h2-3,5,7,10,13,17H,4,6,8-9H2,1H3,(H2,15,16). The van der Waals surface area contributed by atoms with Crippen LogP contribution in [0.15, 0.2) is 29.4 Å². The zero-order valence-electron chi connectivity index (χ0n) is 10.7. The number of rotatable bonds is 4. The number of fused-ring (bicyclic) bond motifs is 1. The molecule has 4 heteroatoms. The summed E-state index contributed by atoms with van der Waals surface area (Å²) in [6, 6.07) is 8.42. The highest BCUT2D eigenvalue weighted by atomic mass is 16.5. The molecule has 0 saturated carbocycles. The summed E-state index contributed by atoms with van der Waals surface area (Å²) in [5, 5.41) is 11.6. The molecule has 0 bridgehead atoms. The number of nitrogens with two attached hydrogens (primary N) is 1. The Balaban J connectivity index is 1.99. The highest BCUT2D eigenvalue weighted by Crippen LogP contribution is 2.32. The molecular weight excluding hydrogens is 228 g/mol. The third kappa shape index (κ3) is 2.82. The second kappa shape index (κ2) is 5.87. The summed E-state index contributed by atoms with van der Waals surface area (Å²) in [5.41, 5.74) is 8.21. The topological polar surface area (TPSA) is 67.8 Å². The van der Waals surface area contributed by atoms with E-state index in [2.05, 4.69) is 23.4 Å². The number of oxime groups is 1. The summed E-state index contributed by atoms with van der Waals surface area (Å²) in [7, 11) is 0. The smallest absolute Gasteiger partial charge is 0.144 e. The van der Waals surface area contributed by atoms with Gasteiger partial charge in [-0.25, -0.2) is 0 Å². The van der Waals surface area contributed by atoms with Crippen molar-refractivity contribution in [2.24, 2.45) is 16.8 Å². The van der Waals surface area contributed by atoms with Crippen LogP contribution in [-0.2, 0) is 11.2 Å². The van der Waals surface area contributed by atoms with Crippen LogP contribution in [0, 0.1) is 5.92 Å². The van der Waals surface area contributed by atoms with Gasteiger partial charge in [0, 0.05) is 5.92 Å². The van der Waals surface area contributed by atoms with E-state index in [1.54, 1.807) is 0 Å². The van der Waals surface area contributed by atoms with Gasteiger partial charge in [-0.1, -0.05) is 36.3 Å². The third-order valence-corrected chi connectivity index (χ3v) is 3.48. The van der Waals surface area contributed by atoms with Crippen LogP contribution >= 0.6 is 0 Å². The molecule has 1 aromatic carbocycles. The number of aryl methyl sites for hydroxylation is 1. The van der Waals surface area contributed by atoms with Crippen molar-refractivity contribution in [1.82, 2.24) is 0 Å². The van der Waals surface area contributed by atoms with E-state index in [1.807, 2.05) is 13.0 Å². The van der Waals surface area contributed by atoms with E-state index in [4.69, 9.17) is 15.7 Å². The van der Waals surface area contributed by atoms with Gasteiger partial charge in [0.15, 0.2) is 0 Å². The first-order chi connectivity index (χ1) is 8.72. The van der Waals surface area contributed by atoms with Gasteiger partial charge in [0.05, 0.1) is 12.7 Å². The summed E-state index contributed by atoms with van der Waals surface area (Å²) in [5.74, 6) is 0.156. The lowest BCUT2D eigenvalue weighted by molar-refractivity contribution is 0.0311. The van der Waals surface area contributed by atoms with Gasteiger partial charge in [0.25, 0.3) is 0 Å². The Hall–Kier alpha value is -1.55. The van der Waals surface area contributed by atoms with Crippen LogP contribution in [0.4, 0.5) is 0 Å². The van der Waals surface area contributed by atoms with Gasteiger partial charge in [-0.3, -0.25) is 0 Å². The SMILES string of the molecule is CC(COC1CCCc2ccccc21)/C(N)=N/O. The largest absolute Gasteiger partial charge is 0.409 e. The highest BCUT2D eigenvalue weighted by molar-refractivity contribution is 5.81. The quantitative estimate of drug-likeness (QED) is 0.372. The fourth-order valence-corrected chi connectivity index (χ4v) is 2.33. The number of benzene rings is 1. The summed E-state index contributed by atoms with van der Waals surface area (Å²) in [6.45, 7) is 2.37. The van der Waals surface area contributed by atoms with Crippen LogP contribution in [0.25, 0.3) is 0 Å². The monoisotopic (exact) mass is 248 g/mol. The molecule has 0 aliphatic heterocycles. The van der Waals surface area contributed by atoms with Gasteiger partial charge in [-0.15, -0.1) is 0 Å². The molecular formula is C14H20N2O2. The maximum absolute atomic E-state index is 8.61. The van der Waals surface area contributed by atoms with Gasteiger partial charge in [0.2, 0.25) is 0 Å². The molecule has 2 rings (SSSR count). The Labute approximate surface area is 107 Å². The number of nitrogens with zero attached hydrogens (tertiary/aromatic N) is 1. The number of hydrogen-bond donors (Lipinski definition) is 2. The molecule has 0 fully saturated rings. The average molecular weight is 248 g/mol. The maximum atomic E-state index is 8.61. The lowest BCUT2D eigenvalue weighted by atomic mass is 9.89. The summed E-state index contributed by atoms with van der Waals surface area (Å²) in [4.78, 5) is 0. The van der Waals surface area contributed by atoms with Gasteiger partial charge in [0.1, 0.15) is 5.84 Å². The van der Waals surface area contributed by atoms with Crippen molar-refractivity contribution in [3.05, 3.63) is 35.4 Å². The van der Waals surface area contributed by atoms with E-state index in [0.717, 1.165) is 19.3 Å². The van der Waals surface area contributed by atoms with Crippen molar-refractivity contribution >= 4 is 5.84 Å². The van der Waals surface area contributed by atoms with Crippen molar-refractivity contribution in [1.29, 1.82) is 0 Å². The van der Waals surface area contributed by atoms with E-state index in [0.29, 0.717) is 6.61 Å². The Morgan fingerprint density at radius 3 is 3.11 bits per heavy atom. The molecule has 0 radical (unpaired) electrons. The number of ether oxygens (including phenoxy) is 1. The molecule has 2 unspecified atom stereocenters. The van der Waals surface area contributed by atoms with Gasteiger partial charge in [-0.05, 0) is 30.4 Å². The Bertz CT molecular complexity index is 432. The fourth-order valence-electron chi connectivity index (χ4n) is 2.33. The third-order valence-electron chi connectivity index (χ3n) is 3.48. The molecule has 1 aromatic rings. The molecule has 98 valence electrons. The Kier molecular flexibility index (Phi) is 4.20. The first-order valence-corrected chi connectivity index (χ1v) is 6.39. The molecule has 3 N–H and O–H groups in total. The predicted octanol–water partition coefficient (Wildman–Crippen LogP) is 2.46. The Morgan fingerprint density at radius 1 is 1.56 bits per heavy atom. The second-order valence-electron chi connectivity index (χ2n) is 4.84. The van der Waals surface area contributed by atoms with Crippen LogP contribution in [0.3, 0.4) is 0 Å². The molecule has 0 heterocycles. The van der Waals surface area contributed by atoms with E-state index in [9.17, 15) is 0 Å². The first kappa shape index (κ1) is 12.9. The first-order valence-electron chi connectivity index (χ1n) is 6.39. The molecule has 1 aliphatic rings. The van der Waals surface area contributed by atoms with Crippen LogP contribution in [-0.4, -0.2) is 17.6 Å². The molecule has 0 aromatic heterocycles. The van der Waals surface area contributed by atoms with Crippen LogP contribution in [0.1, 0.15) is 37.0 Å². The van der Waals surface area contributed by atoms with Crippen molar-refractivity contribution in [2.75, 3.05) is 6.61 Å². The molecule has 2 atom stereocenters. The zero-order chi connectivity index (χ0) is 13.0. The van der Waals surface area contributed by atoms with Crippen LogP contribution < -0.4 is 5.73 Å². The minimum Gasteiger partial charge on any atom is -0.409 e. The number of amidine groups is 1. The highest BCUT2D eigenvalue weighted by Gasteiger charge is 2.21. The second-order valence-corrected chi connectivity index (χ2v) is 4.84. The van der Waals surface area contributed by atoms with Crippen molar-refractivity contribution in [2.45, 2.75) is 32.3 Å². The summed E-state index contributed by atoms with van der Waals surface area (Å²) >= 11 is 0. The summed E-state index contributed by atoms with van der Waals surface area (Å²) < 4.78 is 5.92. The molecule has 1 aliphatic carbocycles. The maximum Gasteiger partial charge on any atom is 0.144 e. The minimum atomic E-state index is -0.0657. The van der Waals surface area contributed by atoms with Gasteiger partial charge >= 0.3 is 0 Å². The van der Waals surface area contributed by atoms with Crippen molar-refractivity contribution < 1.29 is 9.94 Å². The number of hydrogen-bond acceptors (Lipinski definition) is 3. The Morgan fingerprint density at radius 2 is 2.33 bits per heavy atom. The van der Waals surface area contributed by atoms with E-state index in [-0.39, 0.29) is 17.9 Å². The molecule has 0 spiro atoms. The molecule has 0 amide bonds. The van der Waals surface area contributed by atoms with E-state index in [1.165, 1.54) is 11.1 Å². The van der Waals surface area contributed by atoms with Crippen LogP contribution in [0.5, 0.6) is 0 Å². The lowest BCUT2D eigenvalue weighted by Gasteiger charge is -2.26. The summed E-state index contributed by atoms with van der Waals surface area (Å²) in [6.07, 6.45) is 3.47. The molecule has 18 heavy (non-hydrogen) atoms. The predicted molar refractivity (Wildman–Crippen MR) is 70.6 cm³/mol. The lowest BCUT2D eigenvalue weighted by Crippen LogP contribution is -2.26. The average Bonchev–Trinajstić information content (AvgIpc) is 2.43. The normalized spacial score (nSPS) is 21.4. The van der Waals surface area contributed by atoms with E-state index < -0.39 is 0 Å². The van der Waals surface area contributed by atoms with Gasteiger partial charge < -0.3 is 15.7 Å². The van der Waals surface area contributed by atoms with Gasteiger partial charge in [-0.2, -0.15) is 0 Å². The zero-order valence-corrected chi connectivity index (χ0v) is 10.7. The fraction of sp³-hybridized carbons (Fsp3) is 0.500. The van der Waals surface area contributed by atoms with E-state index >= 15 is 0 Å². The van der Waals surface area contributed by atoms with Crippen molar-refractivity contribution in [3.63, 3.8) is 0 Å². The molecule has 4 nitrogen and oxygen atoms in total. The molecule has 0 saturated heterocycles. The minimum absolute atomic E-state index is 0.0657. The van der Waals surface area contributed by atoms with Crippen molar-refractivity contribution in [3.8, 4) is 0 Å². The van der Waals surface area contributed by atoms with Crippen LogP contribution in [0.2, 0.25) is 0 Å².